The molecule has 0 bridgehead atoms. The highest BCUT2D eigenvalue weighted by molar-refractivity contribution is 5.74. The minimum absolute atomic E-state index is 0.146. The van der Waals surface area contributed by atoms with Gasteiger partial charge in [0.1, 0.15) is 30.1 Å². The third-order valence-corrected chi connectivity index (χ3v) is 9.16. The molecule has 1 amide bonds. The second-order valence-corrected chi connectivity index (χ2v) is 12.1. The van der Waals surface area contributed by atoms with E-state index in [-0.39, 0.29) is 17.9 Å². The molecule has 3 aliphatic rings. The van der Waals surface area contributed by atoms with Crippen molar-refractivity contribution < 1.29 is 49.3 Å². The number of fused-ring (bicyclic) bond motifs is 2. The summed E-state index contributed by atoms with van der Waals surface area (Å²) < 4.78 is 16.7. The highest BCUT2D eigenvalue weighted by Gasteiger charge is 2.47. The van der Waals surface area contributed by atoms with Crippen LogP contribution in [0.3, 0.4) is 0 Å². The van der Waals surface area contributed by atoms with Gasteiger partial charge in [-0.25, -0.2) is 4.79 Å². The fourth-order valence-electron chi connectivity index (χ4n) is 6.97. The van der Waals surface area contributed by atoms with E-state index in [2.05, 4.69) is 12.2 Å². The highest BCUT2D eigenvalue weighted by Crippen LogP contribution is 2.48. The fraction of sp³-hybridized carbons (Fsp3) is 0.742. The number of ether oxygens (including phenoxy) is 3. The Morgan fingerprint density at radius 2 is 1.90 bits per heavy atom. The van der Waals surface area contributed by atoms with Crippen molar-refractivity contribution in [2.45, 2.75) is 114 Å². The molecule has 0 radical (unpaired) electrons. The van der Waals surface area contributed by atoms with Crippen LogP contribution in [0.2, 0.25) is 0 Å². The average Bonchev–Trinajstić information content (AvgIpc) is 3.26. The van der Waals surface area contributed by atoms with Crippen LogP contribution in [0.1, 0.15) is 69.9 Å². The lowest BCUT2D eigenvalue weighted by molar-refractivity contribution is -0.264. The van der Waals surface area contributed by atoms with Gasteiger partial charge in [-0.05, 0) is 73.5 Å². The highest BCUT2D eigenvalue weighted by atomic mass is 16.7. The van der Waals surface area contributed by atoms with Gasteiger partial charge in [-0.1, -0.05) is 38.3 Å². The van der Waals surface area contributed by atoms with Crippen molar-refractivity contribution in [3.8, 4) is 5.75 Å². The molecule has 1 aliphatic heterocycles. The molecular formula is C31H47NO10. The van der Waals surface area contributed by atoms with Gasteiger partial charge in [-0.15, -0.1) is 0 Å². The first-order valence-corrected chi connectivity index (χ1v) is 15.3. The standard InChI is InChI=1S/C31H47NO10/c1-3-4-5-8-20(35)10-11-21-22-12-18-7-6-9-25(23(18)13-19(22)14-24(21)36)40-16-27(37)42-31-28(32-17(2)34)30(39)29(38)26(15-33)41-31/h6-7,9,19-22,24,26,28-31,33,35-36,38-39H,3-5,8,10-16H2,1-2H3,(H,32,34)/t19-,20-,21+,22-,24+,26-,28-,29-,30-,31?/m1/s1. The number of benzene rings is 1. The number of nitrogens with one attached hydrogen (secondary N) is 1. The molecule has 1 aromatic rings. The molecule has 4 rings (SSSR count). The molecule has 6 N–H and O–H groups in total. The maximum Gasteiger partial charge on any atom is 0.346 e. The number of rotatable bonds is 13. The van der Waals surface area contributed by atoms with Gasteiger partial charge in [-0.2, -0.15) is 0 Å². The number of aliphatic hydroxyl groups excluding tert-OH is 5. The Labute approximate surface area is 247 Å². The number of esters is 1. The second kappa shape index (κ2) is 14.9. The van der Waals surface area contributed by atoms with E-state index in [1.165, 1.54) is 6.92 Å². The zero-order valence-electron chi connectivity index (χ0n) is 24.6. The van der Waals surface area contributed by atoms with Gasteiger partial charge in [0, 0.05) is 6.92 Å². The second-order valence-electron chi connectivity index (χ2n) is 12.1. The van der Waals surface area contributed by atoms with Gasteiger partial charge >= 0.3 is 5.97 Å². The van der Waals surface area contributed by atoms with E-state index < -0.39 is 61.8 Å². The van der Waals surface area contributed by atoms with Gasteiger partial charge in [-0.3, -0.25) is 4.79 Å². The van der Waals surface area contributed by atoms with E-state index in [0.29, 0.717) is 24.5 Å². The van der Waals surface area contributed by atoms with Gasteiger partial charge in [0.2, 0.25) is 12.2 Å². The van der Waals surface area contributed by atoms with Gasteiger partial charge in [0.25, 0.3) is 0 Å². The van der Waals surface area contributed by atoms with Crippen LogP contribution in [0.25, 0.3) is 0 Å². The zero-order chi connectivity index (χ0) is 30.4. The fourth-order valence-corrected chi connectivity index (χ4v) is 6.97. The summed E-state index contributed by atoms with van der Waals surface area (Å²) in [4.78, 5) is 24.4. The van der Waals surface area contributed by atoms with Crippen LogP contribution >= 0.6 is 0 Å². The Morgan fingerprint density at radius 3 is 2.62 bits per heavy atom. The maximum absolute atomic E-state index is 12.7. The Morgan fingerprint density at radius 1 is 1.12 bits per heavy atom. The van der Waals surface area contributed by atoms with Crippen LogP contribution in [0.5, 0.6) is 5.75 Å². The Balaban J connectivity index is 1.35. The van der Waals surface area contributed by atoms with E-state index in [0.717, 1.165) is 56.1 Å². The minimum Gasteiger partial charge on any atom is -0.482 e. The molecule has 11 heteroatoms. The summed E-state index contributed by atoms with van der Waals surface area (Å²) in [6, 6.07) is 4.48. The number of aliphatic hydroxyl groups is 5. The zero-order valence-corrected chi connectivity index (χ0v) is 24.6. The van der Waals surface area contributed by atoms with Crippen molar-refractivity contribution in [1.82, 2.24) is 5.32 Å². The molecule has 11 nitrogen and oxygen atoms in total. The predicted octanol–water partition coefficient (Wildman–Crippen LogP) is 0.986. The molecule has 0 spiro atoms. The van der Waals surface area contributed by atoms with Gasteiger partial charge in [0.15, 0.2) is 6.61 Å². The SMILES string of the molecule is CCCCC[C@@H](O)CC[C@H]1[C@@H]2Cc3cccc(OCC(=O)OC4O[C@H](CO)[C@@H](O)[C@H](O)[C@H]4NC(C)=O)c3C[C@@H]2C[C@@H]1O. The Kier molecular flexibility index (Phi) is 11.6. The van der Waals surface area contributed by atoms with Crippen molar-refractivity contribution >= 4 is 11.9 Å². The summed E-state index contributed by atoms with van der Waals surface area (Å²) in [7, 11) is 0. The largest absolute Gasteiger partial charge is 0.482 e. The monoisotopic (exact) mass is 593 g/mol. The third-order valence-electron chi connectivity index (χ3n) is 9.16. The van der Waals surface area contributed by atoms with Crippen molar-refractivity contribution in [2.75, 3.05) is 13.2 Å². The van der Waals surface area contributed by atoms with Crippen LogP contribution in [0, 0.1) is 17.8 Å². The topological polar surface area (TPSA) is 175 Å². The molecule has 236 valence electrons. The lowest BCUT2D eigenvalue weighted by atomic mass is 9.73. The Hall–Kier alpha value is -2.28. The number of amides is 1. The van der Waals surface area contributed by atoms with Crippen molar-refractivity contribution in [2.24, 2.45) is 17.8 Å². The maximum atomic E-state index is 12.7. The molecular weight excluding hydrogens is 546 g/mol. The number of hydrogen-bond acceptors (Lipinski definition) is 10. The molecule has 1 aromatic carbocycles. The van der Waals surface area contributed by atoms with E-state index in [1.807, 2.05) is 12.1 Å². The van der Waals surface area contributed by atoms with Crippen LogP contribution < -0.4 is 10.1 Å². The summed E-state index contributed by atoms with van der Waals surface area (Å²) in [5, 5.41) is 53.8. The quantitative estimate of drug-likeness (QED) is 0.143. The van der Waals surface area contributed by atoms with Crippen LogP contribution in [0.4, 0.5) is 0 Å². The number of carbonyl (C=O) groups excluding carboxylic acids is 2. The van der Waals surface area contributed by atoms with Gasteiger partial charge < -0.3 is 45.1 Å². The van der Waals surface area contributed by atoms with Crippen LogP contribution in [-0.4, -0.2) is 93.5 Å². The third kappa shape index (κ3) is 7.81. The average molecular weight is 594 g/mol. The summed E-state index contributed by atoms with van der Waals surface area (Å²) in [6.07, 6.45) is 1.42. The Bertz CT molecular complexity index is 1050. The van der Waals surface area contributed by atoms with E-state index in [4.69, 9.17) is 14.2 Å². The molecule has 42 heavy (non-hydrogen) atoms. The van der Waals surface area contributed by atoms with E-state index in [1.54, 1.807) is 6.07 Å². The summed E-state index contributed by atoms with van der Waals surface area (Å²) in [5.41, 5.74) is 2.12. The number of carbonyl (C=O) groups is 2. The van der Waals surface area contributed by atoms with Crippen molar-refractivity contribution in [3.63, 3.8) is 0 Å². The van der Waals surface area contributed by atoms with E-state index in [9.17, 15) is 35.1 Å². The first-order chi connectivity index (χ1) is 20.1. The first kappa shape index (κ1) is 32.6. The molecule has 10 atom stereocenters. The first-order valence-electron chi connectivity index (χ1n) is 15.3. The smallest absolute Gasteiger partial charge is 0.346 e. The molecule has 1 heterocycles. The van der Waals surface area contributed by atoms with Crippen molar-refractivity contribution in [3.05, 3.63) is 29.3 Å². The molecule has 2 fully saturated rings. The summed E-state index contributed by atoms with van der Waals surface area (Å²) >= 11 is 0. The minimum atomic E-state index is -1.53. The lowest BCUT2D eigenvalue weighted by Crippen LogP contribution is -2.64. The molecule has 1 saturated heterocycles. The van der Waals surface area contributed by atoms with E-state index >= 15 is 0 Å². The summed E-state index contributed by atoms with van der Waals surface area (Å²) in [5.74, 6) is -0.0252. The van der Waals surface area contributed by atoms with Gasteiger partial charge in [0.05, 0.1) is 18.8 Å². The van der Waals surface area contributed by atoms with Crippen molar-refractivity contribution in [1.29, 1.82) is 0 Å². The molecule has 0 aromatic heterocycles. The molecule has 1 saturated carbocycles. The molecule has 1 unspecified atom stereocenters. The normalized spacial score (nSPS) is 32.9. The number of hydrogen-bond donors (Lipinski definition) is 6. The predicted molar refractivity (Wildman–Crippen MR) is 151 cm³/mol. The summed E-state index contributed by atoms with van der Waals surface area (Å²) in [6.45, 7) is 2.28. The van der Waals surface area contributed by atoms with Crippen LogP contribution in [-0.2, 0) is 31.9 Å². The number of unbranched alkanes of at least 4 members (excludes halogenated alkanes) is 2. The van der Waals surface area contributed by atoms with Crippen LogP contribution in [0.15, 0.2) is 18.2 Å². The lowest BCUT2D eigenvalue weighted by Gasteiger charge is -2.41. The molecule has 2 aliphatic carbocycles.